The molecule has 2 heterocycles. The average molecular weight is 467 g/mol. The van der Waals surface area contributed by atoms with Crippen molar-refractivity contribution in [2.75, 3.05) is 0 Å². The molecule has 0 aliphatic rings. The smallest absolute Gasteiger partial charge is 0.857 e. The fourth-order valence-corrected chi connectivity index (χ4v) is 1.46. The average Bonchev–Trinajstić information content (AvgIpc) is 2.76. The van der Waals surface area contributed by atoms with Crippen LogP contribution >= 0.6 is 0 Å². The second-order valence-corrected chi connectivity index (χ2v) is 5.29. The van der Waals surface area contributed by atoms with Crippen LogP contribution in [0.15, 0.2) is 64.4 Å². The number of aliphatic carboxylic acids is 2. The number of rotatable bonds is 6. The number of pyridine rings is 2. The molecule has 2 aromatic heterocycles. The molecule has 161 valence electrons. The van der Waals surface area contributed by atoms with E-state index in [0.717, 1.165) is 0 Å². The summed E-state index contributed by atoms with van der Waals surface area (Å²) in [6.45, 7) is 2.48. The molecule has 1 radical (unpaired) electrons. The van der Waals surface area contributed by atoms with Crippen molar-refractivity contribution in [3.05, 3.63) is 60.2 Å². The van der Waals surface area contributed by atoms with Gasteiger partial charge in [0.25, 0.3) is 5.91 Å². The summed E-state index contributed by atoms with van der Waals surface area (Å²) in [5.41, 5.74) is 2.25. The van der Waals surface area contributed by atoms with Gasteiger partial charge in [0.1, 0.15) is 5.71 Å². The van der Waals surface area contributed by atoms with E-state index in [1.165, 1.54) is 62.9 Å². The van der Waals surface area contributed by atoms with Crippen molar-refractivity contribution in [2.45, 2.75) is 13.8 Å². The standard InChI is InChI=1S/2C9H9N3O3.Mn/c2*1-6(9(14)15)11-12-8(13)7-2-4-10-5-3-7;/h2*2-5H,1H3,(H,12,13)(H,14,15);/q;;+2/p-2/b2*11-6-;. The van der Waals surface area contributed by atoms with Gasteiger partial charge < -0.3 is 20.1 Å². The summed E-state index contributed by atoms with van der Waals surface area (Å²) < 4.78 is 0. The molecule has 2 aromatic rings. The molecule has 0 saturated carbocycles. The maximum absolute atomic E-state index is 11.3. The Bertz CT molecular complexity index is 980. The molecule has 0 fully saturated rings. The maximum Gasteiger partial charge on any atom is 2.00 e. The zero-order valence-corrected chi connectivity index (χ0v) is 17.4. The van der Waals surface area contributed by atoms with Gasteiger partial charge in [-0.3, -0.25) is 14.8 Å². The van der Waals surface area contributed by atoms with Crippen molar-refractivity contribution >= 4 is 35.2 Å². The minimum absolute atomic E-state index is 0. The molecule has 13 heteroatoms. The van der Waals surface area contributed by atoms with E-state index >= 15 is 0 Å². The van der Waals surface area contributed by atoms with Gasteiger partial charge in [-0.1, -0.05) is 0 Å². The van der Waals surface area contributed by atoms with Crippen LogP contribution in [0, 0.1) is 0 Å². The second kappa shape index (κ2) is 14.1. The molecule has 0 spiro atoms. The van der Waals surface area contributed by atoms with Crippen molar-refractivity contribution in [3.63, 3.8) is 0 Å². The molecule has 2 rings (SSSR count). The third kappa shape index (κ3) is 10.4. The normalized spacial score (nSPS) is 11.4. The largest absolute Gasteiger partial charge is 2.00 e. The molecule has 0 bridgehead atoms. The Labute approximate surface area is 186 Å². The number of hydrogen-bond donors (Lipinski definition) is 2. The van der Waals surface area contributed by atoms with Crippen LogP contribution in [-0.2, 0) is 26.7 Å². The van der Waals surface area contributed by atoms with E-state index in [-0.39, 0.29) is 28.5 Å². The number of carbonyl (C=O) groups is 3. The number of carbonyl (C=O) groups excluding carboxylic acids is 2. The van der Waals surface area contributed by atoms with Crippen LogP contribution in [0.1, 0.15) is 29.8 Å². The fourth-order valence-electron chi connectivity index (χ4n) is 1.46. The Kier molecular flexibility index (Phi) is 12.3. The van der Waals surface area contributed by atoms with Crippen molar-refractivity contribution in [1.82, 2.24) is 15.4 Å². The van der Waals surface area contributed by atoms with Crippen molar-refractivity contribution in [3.8, 4) is 0 Å². The molecule has 0 unspecified atom stereocenters. The predicted octanol–water partition coefficient (Wildman–Crippen LogP) is -1.42. The van der Waals surface area contributed by atoms with Crippen LogP contribution in [0.5, 0.6) is 0 Å². The summed E-state index contributed by atoms with van der Waals surface area (Å²) in [7, 11) is 0. The topological polar surface area (TPSA) is 192 Å². The summed E-state index contributed by atoms with van der Waals surface area (Å²) in [5, 5.41) is 39.8. The summed E-state index contributed by atoms with van der Waals surface area (Å²) >= 11 is 0. The molecular weight excluding hydrogens is 451 g/mol. The van der Waals surface area contributed by atoms with Crippen molar-refractivity contribution in [2.24, 2.45) is 15.3 Å². The SMILES string of the molecule is C/C(=N/N=C([O-])c1ccncc1)C(=O)[O-].C/C(=N/NC(=O)c1ccncc1)C(=O)O.[Mn+2]. The first-order valence-electron chi connectivity index (χ1n) is 8.11. The van der Waals surface area contributed by atoms with E-state index in [0.29, 0.717) is 11.1 Å². The van der Waals surface area contributed by atoms with E-state index in [1.807, 2.05) is 0 Å². The van der Waals surface area contributed by atoms with Gasteiger partial charge in [0.15, 0.2) is 0 Å². The van der Waals surface area contributed by atoms with Crippen LogP contribution in [-0.4, -0.2) is 50.2 Å². The summed E-state index contributed by atoms with van der Waals surface area (Å²) in [6.07, 6.45) is 5.78. The summed E-state index contributed by atoms with van der Waals surface area (Å²) in [6, 6.07) is 5.91. The Balaban J connectivity index is 0.000000562. The van der Waals surface area contributed by atoms with Gasteiger partial charge >= 0.3 is 23.0 Å². The molecular formula is C18H16MnN6O6. The minimum atomic E-state index is -1.46. The number of carboxylic acids is 2. The number of nitrogens with zero attached hydrogens (tertiary/aromatic N) is 5. The quantitative estimate of drug-likeness (QED) is 0.224. The molecule has 31 heavy (non-hydrogen) atoms. The van der Waals surface area contributed by atoms with E-state index < -0.39 is 23.7 Å². The van der Waals surface area contributed by atoms with Crippen LogP contribution in [0.3, 0.4) is 0 Å². The van der Waals surface area contributed by atoms with Gasteiger partial charge in [0.05, 0.1) is 11.7 Å². The molecule has 0 aromatic carbocycles. The predicted molar refractivity (Wildman–Crippen MR) is 101 cm³/mol. The van der Waals surface area contributed by atoms with Crippen molar-refractivity contribution in [1.29, 1.82) is 0 Å². The van der Waals surface area contributed by atoms with Gasteiger partial charge in [0.2, 0.25) is 0 Å². The van der Waals surface area contributed by atoms with E-state index in [2.05, 4.69) is 30.7 Å². The first-order chi connectivity index (χ1) is 14.2. The van der Waals surface area contributed by atoms with Gasteiger partial charge in [-0.05, 0) is 43.7 Å². The number of aromatic nitrogens is 2. The molecule has 0 aliphatic carbocycles. The number of hydrogen-bond acceptors (Lipinski definition) is 10. The first-order valence-corrected chi connectivity index (χ1v) is 8.11. The third-order valence-electron chi connectivity index (χ3n) is 3.09. The zero-order valence-electron chi connectivity index (χ0n) is 16.2. The Morgan fingerprint density at radius 3 is 1.81 bits per heavy atom. The Morgan fingerprint density at radius 2 is 1.35 bits per heavy atom. The number of amides is 1. The van der Waals surface area contributed by atoms with Crippen LogP contribution in [0.25, 0.3) is 0 Å². The summed E-state index contributed by atoms with van der Waals surface area (Å²) in [5.74, 6) is -3.73. The van der Waals surface area contributed by atoms with Gasteiger partial charge in [-0.25, -0.2) is 10.2 Å². The minimum Gasteiger partial charge on any atom is -0.857 e. The van der Waals surface area contributed by atoms with E-state index in [1.54, 1.807) is 0 Å². The molecule has 1 amide bonds. The van der Waals surface area contributed by atoms with Gasteiger partial charge in [-0.2, -0.15) is 15.3 Å². The fraction of sp³-hybridized carbons (Fsp3) is 0.111. The van der Waals surface area contributed by atoms with E-state index in [4.69, 9.17) is 5.11 Å². The van der Waals surface area contributed by atoms with Gasteiger partial charge in [-0.15, -0.1) is 0 Å². The number of hydrazone groups is 1. The first kappa shape index (κ1) is 27.0. The molecule has 0 atom stereocenters. The third-order valence-corrected chi connectivity index (χ3v) is 3.09. The van der Waals surface area contributed by atoms with Crippen LogP contribution < -0.4 is 15.6 Å². The number of carboxylic acid groups (broad SMARTS) is 2. The number of nitrogens with one attached hydrogen (secondary N) is 1. The van der Waals surface area contributed by atoms with Gasteiger partial charge in [0, 0.05) is 36.2 Å². The van der Waals surface area contributed by atoms with Crippen LogP contribution in [0.2, 0.25) is 0 Å². The molecule has 2 N–H and O–H groups in total. The van der Waals surface area contributed by atoms with E-state index in [9.17, 15) is 24.6 Å². The van der Waals surface area contributed by atoms with Crippen molar-refractivity contribution < 1.29 is 46.8 Å². The monoisotopic (exact) mass is 467 g/mol. The summed E-state index contributed by atoms with van der Waals surface area (Å²) in [4.78, 5) is 39.4. The van der Waals surface area contributed by atoms with Crippen LogP contribution in [0.4, 0.5) is 0 Å². The molecule has 0 aliphatic heterocycles. The second-order valence-electron chi connectivity index (χ2n) is 5.29. The Morgan fingerprint density at radius 1 is 0.871 bits per heavy atom. The zero-order chi connectivity index (χ0) is 22.5. The Hall–Kier alpha value is -3.96. The molecule has 12 nitrogen and oxygen atoms in total. The maximum atomic E-state index is 11.3. The molecule has 0 saturated heterocycles.